The Kier molecular flexibility index (Phi) is 11.5. The third-order valence-corrected chi connectivity index (χ3v) is 6.27. The molecular formula is C20H35N3O7P2. The van der Waals surface area contributed by atoms with Crippen molar-refractivity contribution >= 4 is 32.5 Å². The fourth-order valence-electron chi connectivity index (χ4n) is 2.48. The average Bonchev–Trinajstić information content (AvgIpc) is 2.63. The molecule has 0 spiro atoms. The summed E-state index contributed by atoms with van der Waals surface area (Å²) in [4.78, 5) is 60.8. The van der Waals surface area contributed by atoms with Gasteiger partial charge >= 0.3 is 0 Å². The second-order valence-corrected chi connectivity index (χ2v) is 13.3. The topological polar surface area (TPSA) is 136 Å². The maximum absolute atomic E-state index is 12.8. The van der Waals surface area contributed by atoms with Crippen LogP contribution in [0.2, 0.25) is 0 Å². The van der Waals surface area contributed by atoms with Crippen LogP contribution >= 0.6 is 14.7 Å². The summed E-state index contributed by atoms with van der Waals surface area (Å²) in [7, 11) is -6.88. The summed E-state index contributed by atoms with van der Waals surface area (Å²) in [5.74, 6) is -1.61. The highest BCUT2D eigenvalue weighted by Crippen LogP contribution is 2.35. The van der Waals surface area contributed by atoms with Gasteiger partial charge in [0.2, 0.25) is 11.8 Å². The highest BCUT2D eigenvalue weighted by molar-refractivity contribution is 7.57. The molecule has 0 aliphatic rings. The van der Waals surface area contributed by atoms with Crippen molar-refractivity contribution in [2.45, 2.75) is 20.8 Å². The molecule has 2 unspecified atom stereocenters. The first kappa shape index (κ1) is 30.0. The molecule has 0 saturated heterocycles. The van der Waals surface area contributed by atoms with Gasteiger partial charge in [-0.1, -0.05) is 19.7 Å². The lowest BCUT2D eigenvalue weighted by molar-refractivity contribution is -0.139. The van der Waals surface area contributed by atoms with Crippen LogP contribution in [0.3, 0.4) is 0 Å². The SMILES string of the molecule is C=C(C)C(=O)N(CCP(C)(=O)O)CN(CN(CCP(C)(=O)O)C(=O)C(=C)C)C(=O)C(=C)C. The fraction of sp³-hybridized carbons (Fsp3) is 0.550. The Balaban J connectivity index is 6.00. The Morgan fingerprint density at radius 3 is 1.12 bits per heavy atom. The van der Waals surface area contributed by atoms with Gasteiger partial charge in [-0.15, -0.1) is 0 Å². The van der Waals surface area contributed by atoms with Gasteiger partial charge in [-0.2, -0.15) is 0 Å². The lowest BCUT2D eigenvalue weighted by Gasteiger charge is -2.35. The van der Waals surface area contributed by atoms with E-state index in [2.05, 4.69) is 19.7 Å². The van der Waals surface area contributed by atoms with E-state index in [9.17, 15) is 33.3 Å². The van der Waals surface area contributed by atoms with Crippen LogP contribution in [-0.4, -0.2) is 94.3 Å². The summed E-state index contributed by atoms with van der Waals surface area (Å²) in [5.41, 5.74) is 0.472. The van der Waals surface area contributed by atoms with E-state index in [1.807, 2.05) is 0 Å². The summed E-state index contributed by atoms with van der Waals surface area (Å²) in [6.45, 7) is 16.7. The van der Waals surface area contributed by atoms with Crippen LogP contribution in [0.15, 0.2) is 36.5 Å². The molecule has 0 aromatic heterocycles. The highest BCUT2D eigenvalue weighted by atomic mass is 31.2. The van der Waals surface area contributed by atoms with Gasteiger partial charge in [0.05, 0.1) is 13.3 Å². The van der Waals surface area contributed by atoms with Gasteiger partial charge in [-0.05, 0) is 20.8 Å². The molecule has 32 heavy (non-hydrogen) atoms. The molecule has 0 aliphatic heterocycles. The third kappa shape index (κ3) is 11.6. The summed E-state index contributed by atoms with van der Waals surface area (Å²) in [6, 6.07) is 0. The van der Waals surface area contributed by atoms with Crippen molar-refractivity contribution in [3.8, 4) is 0 Å². The number of carbonyl (C=O) groups excluding carboxylic acids is 3. The Morgan fingerprint density at radius 1 is 0.656 bits per heavy atom. The van der Waals surface area contributed by atoms with Gasteiger partial charge in [0, 0.05) is 55.5 Å². The second-order valence-electron chi connectivity index (χ2n) is 8.16. The summed E-state index contributed by atoms with van der Waals surface area (Å²) >= 11 is 0. The molecule has 0 radical (unpaired) electrons. The van der Waals surface area contributed by atoms with Crippen molar-refractivity contribution < 1.29 is 33.3 Å². The number of amides is 3. The smallest absolute Gasteiger partial charge is 0.251 e. The van der Waals surface area contributed by atoms with Crippen molar-refractivity contribution in [1.29, 1.82) is 0 Å². The van der Waals surface area contributed by atoms with Crippen molar-refractivity contribution in [3.05, 3.63) is 36.5 Å². The largest absolute Gasteiger partial charge is 0.344 e. The van der Waals surface area contributed by atoms with Crippen LogP contribution < -0.4 is 0 Å². The zero-order valence-electron chi connectivity index (χ0n) is 19.5. The molecule has 2 atom stereocenters. The van der Waals surface area contributed by atoms with E-state index in [4.69, 9.17) is 0 Å². The molecule has 0 aromatic rings. The van der Waals surface area contributed by atoms with E-state index in [0.717, 1.165) is 0 Å². The fourth-order valence-corrected chi connectivity index (χ4v) is 3.71. The van der Waals surface area contributed by atoms with E-state index in [-0.39, 0.29) is 55.5 Å². The molecular weight excluding hydrogens is 456 g/mol. The van der Waals surface area contributed by atoms with Crippen LogP contribution in [0, 0.1) is 0 Å². The minimum atomic E-state index is -3.44. The Hall–Kier alpha value is -1.99. The maximum Gasteiger partial charge on any atom is 0.251 e. The summed E-state index contributed by atoms with van der Waals surface area (Å²) < 4.78 is 23.5. The summed E-state index contributed by atoms with van der Waals surface area (Å²) in [5, 5.41) is 0. The predicted octanol–water partition coefficient (Wildman–Crippen LogP) is 1.92. The van der Waals surface area contributed by atoms with E-state index >= 15 is 0 Å². The maximum atomic E-state index is 12.8. The predicted molar refractivity (Wildman–Crippen MR) is 126 cm³/mol. The zero-order valence-corrected chi connectivity index (χ0v) is 21.3. The first-order valence-corrected chi connectivity index (χ1v) is 14.4. The van der Waals surface area contributed by atoms with E-state index in [1.165, 1.54) is 48.8 Å². The highest BCUT2D eigenvalue weighted by Gasteiger charge is 2.27. The van der Waals surface area contributed by atoms with Gasteiger partial charge < -0.3 is 24.5 Å². The molecule has 0 aliphatic carbocycles. The van der Waals surface area contributed by atoms with E-state index in [0.29, 0.717) is 0 Å². The summed E-state index contributed by atoms with van der Waals surface area (Å²) in [6.07, 6.45) is -0.391. The average molecular weight is 491 g/mol. The molecule has 12 heteroatoms. The first-order chi connectivity index (χ1) is 14.4. The normalized spacial score (nSPS) is 14.5. The Bertz CT molecular complexity index is 814. The van der Waals surface area contributed by atoms with Crippen molar-refractivity contribution in [3.63, 3.8) is 0 Å². The van der Waals surface area contributed by atoms with Crippen LogP contribution in [0.1, 0.15) is 20.8 Å². The number of nitrogens with zero attached hydrogens (tertiary/aromatic N) is 3. The van der Waals surface area contributed by atoms with Gasteiger partial charge in [0.1, 0.15) is 0 Å². The lowest BCUT2D eigenvalue weighted by atomic mass is 10.2. The molecule has 0 bridgehead atoms. The molecule has 0 rings (SSSR count). The minimum absolute atomic E-state index is 0.120. The van der Waals surface area contributed by atoms with Gasteiger partial charge in [0.25, 0.3) is 5.91 Å². The number of hydrogen-bond acceptors (Lipinski definition) is 5. The number of carbonyl (C=O) groups is 3. The molecule has 3 amide bonds. The Morgan fingerprint density at radius 2 is 0.906 bits per heavy atom. The number of rotatable bonds is 13. The van der Waals surface area contributed by atoms with Crippen molar-refractivity contribution in [2.75, 3.05) is 52.1 Å². The zero-order chi connectivity index (χ0) is 25.4. The molecule has 10 nitrogen and oxygen atoms in total. The first-order valence-electron chi connectivity index (χ1n) is 9.78. The lowest BCUT2D eigenvalue weighted by Crippen LogP contribution is -2.51. The third-order valence-electron chi connectivity index (χ3n) is 4.21. The van der Waals surface area contributed by atoms with Crippen LogP contribution in [-0.2, 0) is 23.5 Å². The second kappa shape index (κ2) is 12.3. The quantitative estimate of drug-likeness (QED) is 0.228. The van der Waals surface area contributed by atoms with Gasteiger partial charge in [-0.25, -0.2) is 0 Å². The molecule has 2 N–H and O–H groups in total. The minimum Gasteiger partial charge on any atom is -0.344 e. The van der Waals surface area contributed by atoms with Gasteiger partial charge in [0.15, 0.2) is 14.7 Å². The number of hydrogen-bond donors (Lipinski definition) is 2. The monoisotopic (exact) mass is 491 g/mol. The van der Waals surface area contributed by atoms with Crippen LogP contribution in [0.5, 0.6) is 0 Å². The molecule has 0 fully saturated rings. The molecule has 0 heterocycles. The Labute approximate surface area is 190 Å². The molecule has 0 saturated carbocycles. The molecule has 182 valence electrons. The molecule has 0 aromatic carbocycles. The van der Waals surface area contributed by atoms with Crippen molar-refractivity contribution in [1.82, 2.24) is 14.7 Å². The standard InChI is InChI=1S/C20H35N3O7P2/c1-15(2)18(24)21(9-11-31(7,27)28)13-23(20(26)17(5)6)14-22(19(25)16(3)4)10-12-32(8,29)30/h1,3,5,9-14H2,2,4,6-8H3,(H,27,28)(H,29,30). The van der Waals surface area contributed by atoms with Crippen LogP contribution in [0.4, 0.5) is 0 Å². The van der Waals surface area contributed by atoms with Crippen LogP contribution in [0.25, 0.3) is 0 Å². The van der Waals surface area contributed by atoms with Gasteiger partial charge in [-0.3, -0.25) is 23.5 Å². The van der Waals surface area contributed by atoms with E-state index < -0.39 is 32.5 Å². The van der Waals surface area contributed by atoms with Crippen molar-refractivity contribution in [2.24, 2.45) is 0 Å². The van der Waals surface area contributed by atoms with E-state index in [1.54, 1.807) is 0 Å².